The second-order valence-electron chi connectivity index (χ2n) is 2.74. The predicted molar refractivity (Wildman–Crippen MR) is 45.0 cm³/mol. The first-order valence-corrected chi connectivity index (χ1v) is 3.95. The first-order chi connectivity index (χ1) is 6.54. The molecule has 0 bridgehead atoms. The lowest BCUT2D eigenvalue weighted by Crippen LogP contribution is -2.47. The lowest BCUT2D eigenvalue weighted by molar-refractivity contribution is -0.122. The van der Waals surface area contributed by atoms with Gasteiger partial charge in [0.05, 0.1) is 13.2 Å². The third-order valence-electron chi connectivity index (χ3n) is 1.67. The molecule has 1 radical (unpaired) electrons. The van der Waals surface area contributed by atoms with Crippen LogP contribution in [0, 0.1) is 0 Å². The van der Waals surface area contributed by atoms with E-state index in [4.69, 9.17) is 30.6 Å². The van der Waals surface area contributed by atoms with E-state index in [2.05, 4.69) is 4.65 Å². The Bertz CT molecular complexity index is 146. The number of rotatable bonds is 7. The van der Waals surface area contributed by atoms with Crippen LogP contribution in [0.1, 0.15) is 0 Å². The van der Waals surface area contributed by atoms with Crippen LogP contribution < -0.4 is 0 Å². The second kappa shape index (κ2) is 7.13. The third kappa shape index (κ3) is 4.33. The summed E-state index contributed by atoms with van der Waals surface area (Å²) in [6.07, 6.45) is -6.37. The molecule has 0 aliphatic rings. The molecule has 0 amide bonds. The van der Waals surface area contributed by atoms with Gasteiger partial charge in [0.1, 0.15) is 24.4 Å². The number of hydrogen-bond acceptors (Lipinski definition) is 7. The van der Waals surface area contributed by atoms with Crippen molar-refractivity contribution >= 4 is 7.69 Å². The average molecular weight is 209 g/mol. The van der Waals surface area contributed by atoms with Crippen molar-refractivity contribution in [2.45, 2.75) is 24.4 Å². The molecule has 6 N–H and O–H groups in total. The molecule has 4 atom stereocenters. The normalized spacial score (nSPS) is 19.9. The largest absolute Gasteiger partial charge is 0.485 e. The van der Waals surface area contributed by atoms with Crippen LogP contribution in [-0.2, 0) is 4.65 Å². The van der Waals surface area contributed by atoms with E-state index in [1.54, 1.807) is 0 Å². The summed E-state index contributed by atoms with van der Waals surface area (Å²) in [7, 11) is 0.324. The number of aliphatic hydroxyl groups is 5. The fourth-order valence-corrected chi connectivity index (χ4v) is 0.803. The van der Waals surface area contributed by atoms with E-state index in [1.807, 2.05) is 0 Å². The minimum Gasteiger partial charge on any atom is -0.429 e. The summed E-state index contributed by atoms with van der Waals surface area (Å²) in [6, 6.07) is 0. The highest BCUT2D eigenvalue weighted by molar-refractivity contribution is 6.15. The summed E-state index contributed by atoms with van der Waals surface area (Å²) in [4.78, 5) is 0. The molecule has 8 heteroatoms. The van der Waals surface area contributed by atoms with Gasteiger partial charge in [0, 0.05) is 0 Å². The fraction of sp³-hybridized carbons (Fsp3) is 1.00. The van der Waals surface area contributed by atoms with Gasteiger partial charge in [0.15, 0.2) is 0 Å². The van der Waals surface area contributed by atoms with Crippen LogP contribution in [0.5, 0.6) is 0 Å². The quantitative estimate of drug-likeness (QED) is 0.235. The van der Waals surface area contributed by atoms with Crippen LogP contribution in [0.4, 0.5) is 0 Å². The Hall–Kier alpha value is -0.215. The molecule has 0 aliphatic carbocycles. The summed E-state index contributed by atoms with van der Waals surface area (Å²) < 4.78 is 4.25. The van der Waals surface area contributed by atoms with E-state index in [0.29, 0.717) is 7.69 Å². The Balaban J connectivity index is 3.95. The third-order valence-corrected chi connectivity index (χ3v) is 1.67. The minimum absolute atomic E-state index is 0.324. The molecular formula is C6H14BO7. The monoisotopic (exact) mass is 209 g/mol. The molecule has 0 rings (SSSR count). The van der Waals surface area contributed by atoms with E-state index in [0.717, 1.165) is 0 Å². The molecule has 14 heavy (non-hydrogen) atoms. The summed E-state index contributed by atoms with van der Waals surface area (Å²) in [6.45, 7) is -1.18. The van der Waals surface area contributed by atoms with Crippen LogP contribution in [0.15, 0.2) is 0 Å². The van der Waals surface area contributed by atoms with Gasteiger partial charge in [-0.25, -0.2) is 0 Å². The molecule has 0 spiro atoms. The van der Waals surface area contributed by atoms with Crippen LogP contribution in [0.2, 0.25) is 0 Å². The van der Waals surface area contributed by atoms with Crippen LogP contribution >= 0.6 is 0 Å². The van der Waals surface area contributed by atoms with Gasteiger partial charge in [-0.05, 0) is 0 Å². The van der Waals surface area contributed by atoms with E-state index < -0.39 is 37.6 Å². The second-order valence-corrected chi connectivity index (χ2v) is 2.74. The van der Waals surface area contributed by atoms with Gasteiger partial charge in [-0.3, -0.25) is 0 Å². The Morgan fingerprint density at radius 2 is 1.50 bits per heavy atom. The molecule has 0 aromatic carbocycles. The van der Waals surface area contributed by atoms with E-state index in [-0.39, 0.29) is 0 Å². The average Bonchev–Trinajstić information content (AvgIpc) is 2.22. The Morgan fingerprint density at radius 1 is 1.00 bits per heavy atom. The zero-order valence-corrected chi connectivity index (χ0v) is 7.39. The molecule has 0 saturated carbocycles. The summed E-state index contributed by atoms with van der Waals surface area (Å²) in [5.41, 5.74) is 0. The van der Waals surface area contributed by atoms with Gasteiger partial charge in [-0.1, -0.05) is 0 Å². The van der Waals surface area contributed by atoms with E-state index >= 15 is 0 Å². The van der Waals surface area contributed by atoms with Crippen molar-refractivity contribution in [3.63, 3.8) is 0 Å². The van der Waals surface area contributed by atoms with Gasteiger partial charge >= 0.3 is 7.69 Å². The van der Waals surface area contributed by atoms with Gasteiger partial charge < -0.3 is 35.2 Å². The van der Waals surface area contributed by atoms with Crippen LogP contribution in [-0.4, -0.2) is 75.9 Å². The molecule has 83 valence electrons. The predicted octanol–water partition coefficient (Wildman–Crippen LogP) is -4.03. The van der Waals surface area contributed by atoms with Crippen molar-refractivity contribution in [1.82, 2.24) is 0 Å². The lowest BCUT2D eigenvalue weighted by atomic mass is 10.0. The van der Waals surface area contributed by atoms with Gasteiger partial charge in [-0.15, -0.1) is 0 Å². The van der Waals surface area contributed by atoms with Gasteiger partial charge in [0.25, 0.3) is 0 Å². The van der Waals surface area contributed by atoms with Crippen molar-refractivity contribution < 1.29 is 35.2 Å². The topological polar surface area (TPSA) is 131 Å². The Kier molecular flexibility index (Phi) is 7.02. The zero-order chi connectivity index (χ0) is 11.1. The first-order valence-electron chi connectivity index (χ1n) is 3.95. The van der Waals surface area contributed by atoms with Crippen molar-refractivity contribution in [1.29, 1.82) is 0 Å². The Morgan fingerprint density at radius 3 is 1.93 bits per heavy atom. The van der Waals surface area contributed by atoms with Crippen molar-refractivity contribution in [2.75, 3.05) is 13.2 Å². The van der Waals surface area contributed by atoms with Gasteiger partial charge in [-0.2, -0.15) is 0 Å². The summed E-state index contributed by atoms with van der Waals surface area (Å²) >= 11 is 0. The minimum atomic E-state index is -1.68. The maximum atomic E-state index is 9.17. The fourth-order valence-electron chi connectivity index (χ4n) is 0.803. The number of aliphatic hydroxyl groups excluding tert-OH is 5. The van der Waals surface area contributed by atoms with Crippen molar-refractivity contribution in [3.05, 3.63) is 0 Å². The first kappa shape index (κ1) is 13.8. The SMILES string of the molecule is O[B]OC[C@@H](O)[C@@H](O)[C@H](O)[C@H](O)CO. The molecule has 0 aromatic rings. The number of hydrogen-bond donors (Lipinski definition) is 6. The van der Waals surface area contributed by atoms with Gasteiger partial charge in [0.2, 0.25) is 0 Å². The summed E-state index contributed by atoms with van der Waals surface area (Å²) in [5, 5.41) is 52.8. The standard InChI is InChI=1S/C6H14BO7/c8-1-3(9)5(11)6(12)4(10)2-14-7-13/h3-6,8-13H,1-2H2/t3-,4-,5-,6-/m1/s1. The van der Waals surface area contributed by atoms with Crippen LogP contribution in [0.3, 0.4) is 0 Å². The lowest BCUT2D eigenvalue weighted by Gasteiger charge is -2.25. The molecular weight excluding hydrogens is 195 g/mol. The molecule has 0 aliphatic heterocycles. The highest BCUT2D eigenvalue weighted by Crippen LogP contribution is 2.05. The van der Waals surface area contributed by atoms with E-state index in [1.165, 1.54) is 0 Å². The zero-order valence-electron chi connectivity index (χ0n) is 7.39. The van der Waals surface area contributed by atoms with Crippen molar-refractivity contribution in [2.24, 2.45) is 0 Å². The van der Waals surface area contributed by atoms with Crippen LogP contribution in [0.25, 0.3) is 0 Å². The van der Waals surface area contributed by atoms with Crippen molar-refractivity contribution in [3.8, 4) is 0 Å². The molecule has 0 saturated heterocycles. The summed E-state index contributed by atoms with van der Waals surface area (Å²) in [5.74, 6) is 0. The smallest absolute Gasteiger partial charge is 0.429 e. The van der Waals surface area contributed by atoms with E-state index in [9.17, 15) is 0 Å². The maximum absolute atomic E-state index is 9.17. The molecule has 7 nitrogen and oxygen atoms in total. The maximum Gasteiger partial charge on any atom is 0.485 e. The molecule has 0 heterocycles. The molecule has 0 unspecified atom stereocenters. The highest BCUT2D eigenvalue weighted by Gasteiger charge is 2.29. The highest BCUT2D eigenvalue weighted by atomic mass is 16.5. The molecule has 0 fully saturated rings. The molecule has 0 aromatic heterocycles. The Labute approximate surface area is 81.5 Å².